The number of rotatable bonds is 3. The maximum absolute atomic E-state index is 11.4. The molecule has 0 fully saturated rings. The Bertz CT molecular complexity index is 794. The first-order valence-electron chi connectivity index (χ1n) is 6.47. The molecular weight excluding hydrogens is 332 g/mol. The summed E-state index contributed by atoms with van der Waals surface area (Å²) in [5.74, 6) is -0.321. The van der Waals surface area contributed by atoms with Crippen LogP contribution in [0.5, 0.6) is 0 Å². The largest absolute Gasteiger partial charge is 0.465 e. The number of hydrogen-bond acceptors (Lipinski definition) is 3. The number of methoxy groups -OCH3 is 1. The third-order valence-electron chi connectivity index (χ3n) is 3.36. The van der Waals surface area contributed by atoms with Crippen molar-refractivity contribution in [2.45, 2.75) is 6.42 Å². The summed E-state index contributed by atoms with van der Waals surface area (Å²) in [4.78, 5) is 18.9. The first kappa shape index (κ1) is 13.8. The molecule has 0 bridgehead atoms. The first-order chi connectivity index (χ1) is 10.2. The number of pyridine rings is 1. The summed E-state index contributed by atoms with van der Waals surface area (Å²) in [7, 11) is 1.38. The second kappa shape index (κ2) is 5.69. The number of fused-ring (bicyclic) bond motifs is 1. The van der Waals surface area contributed by atoms with Gasteiger partial charge in [-0.2, -0.15) is 0 Å². The molecule has 0 aliphatic rings. The molecule has 2 heterocycles. The lowest BCUT2D eigenvalue weighted by Gasteiger charge is -2.06. The number of benzene rings is 1. The Kier molecular flexibility index (Phi) is 3.75. The normalized spacial score (nSPS) is 10.8. The lowest BCUT2D eigenvalue weighted by atomic mass is 10.0. The van der Waals surface area contributed by atoms with Gasteiger partial charge in [-0.1, -0.05) is 12.1 Å². The summed E-state index contributed by atoms with van der Waals surface area (Å²) < 4.78 is 5.74. The van der Waals surface area contributed by atoms with Gasteiger partial charge in [0, 0.05) is 28.7 Å². The van der Waals surface area contributed by atoms with Crippen LogP contribution in [0.2, 0.25) is 0 Å². The van der Waals surface area contributed by atoms with Crippen molar-refractivity contribution in [3.05, 3.63) is 63.9 Å². The van der Waals surface area contributed by atoms with Gasteiger partial charge >= 0.3 is 5.97 Å². The van der Waals surface area contributed by atoms with Crippen molar-refractivity contribution in [1.29, 1.82) is 0 Å². The van der Waals surface area contributed by atoms with Crippen LogP contribution in [-0.2, 0) is 11.2 Å². The number of nitrogens with zero attached hydrogens (tertiary/aromatic N) is 1. The molecular formula is C16H13BrN2O2. The second-order valence-electron chi connectivity index (χ2n) is 4.70. The number of carbonyl (C=O) groups excluding carboxylic acids is 1. The quantitative estimate of drug-likeness (QED) is 0.737. The smallest absolute Gasteiger partial charge is 0.337 e. The number of esters is 1. The number of aromatic nitrogens is 2. The lowest BCUT2D eigenvalue weighted by molar-refractivity contribution is 0.0600. The summed E-state index contributed by atoms with van der Waals surface area (Å²) >= 11 is 3.63. The Morgan fingerprint density at radius 3 is 2.76 bits per heavy atom. The van der Waals surface area contributed by atoms with Crippen molar-refractivity contribution in [3.8, 4) is 0 Å². The highest BCUT2D eigenvalue weighted by Gasteiger charge is 2.09. The summed E-state index contributed by atoms with van der Waals surface area (Å²) in [6.07, 6.45) is 4.48. The Balaban J connectivity index is 1.88. The molecule has 4 nitrogen and oxygen atoms in total. The molecule has 0 amide bonds. The lowest BCUT2D eigenvalue weighted by Crippen LogP contribution is -2.01. The van der Waals surface area contributed by atoms with E-state index in [2.05, 4.69) is 25.9 Å². The van der Waals surface area contributed by atoms with E-state index in [-0.39, 0.29) is 5.97 Å². The van der Waals surface area contributed by atoms with E-state index in [1.807, 2.05) is 30.6 Å². The molecule has 0 saturated heterocycles. The van der Waals surface area contributed by atoms with Gasteiger partial charge in [-0.05, 0) is 45.3 Å². The number of H-pyrrole nitrogens is 1. The SMILES string of the molecule is COC(=O)c1ccc(Cc2cnc3[nH]ccc3c2Br)cc1. The van der Waals surface area contributed by atoms with Crippen molar-refractivity contribution < 1.29 is 9.53 Å². The van der Waals surface area contributed by atoms with E-state index >= 15 is 0 Å². The summed E-state index contributed by atoms with van der Waals surface area (Å²) in [6.45, 7) is 0. The van der Waals surface area contributed by atoms with Crippen molar-refractivity contribution in [2.75, 3.05) is 7.11 Å². The highest BCUT2D eigenvalue weighted by molar-refractivity contribution is 9.10. The number of nitrogens with one attached hydrogen (secondary N) is 1. The summed E-state index contributed by atoms with van der Waals surface area (Å²) in [5, 5.41) is 1.07. The zero-order valence-electron chi connectivity index (χ0n) is 11.4. The van der Waals surface area contributed by atoms with E-state index < -0.39 is 0 Å². The Hall–Kier alpha value is -2.14. The van der Waals surface area contributed by atoms with Crippen LogP contribution in [-0.4, -0.2) is 23.0 Å². The van der Waals surface area contributed by atoms with E-state index in [0.29, 0.717) is 5.56 Å². The van der Waals surface area contributed by atoms with Crippen LogP contribution < -0.4 is 0 Å². The van der Waals surface area contributed by atoms with Gasteiger partial charge in [0.05, 0.1) is 12.7 Å². The fourth-order valence-electron chi connectivity index (χ4n) is 2.24. The average Bonchev–Trinajstić information content (AvgIpc) is 2.99. The Labute approximate surface area is 130 Å². The molecule has 21 heavy (non-hydrogen) atoms. The third-order valence-corrected chi connectivity index (χ3v) is 4.30. The van der Waals surface area contributed by atoms with Gasteiger partial charge in [-0.25, -0.2) is 9.78 Å². The molecule has 0 radical (unpaired) electrons. The molecule has 0 unspecified atom stereocenters. The fraction of sp³-hybridized carbons (Fsp3) is 0.125. The third kappa shape index (κ3) is 2.69. The molecule has 0 atom stereocenters. The van der Waals surface area contributed by atoms with Crippen LogP contribution in [0.15, 0.2) is 47.2 Å². The minimum absolute atomic E-state index is 0.321. The van der Waals surface area contributed by atoms with Gasteiger partial charge in [-0.3, -0.25) is 0 Å². The molecule has 106 valence electrons. The van der Waals surface area contributed by atoms with Crippen molar-refractivity contribution in [2.24, 2.45) is 0 Å². The minimum Gasteiger partial charge on any atom is -0.465 e. The maximum atomic E-state index is 11.4. The molecule has 0 spiro atoms. The van der Waals surface area contributed by atoms with Gasteiger partial charge in [0.25, 0.3) is 0 Å². The average molecular weight is 345 g/mol. The predicted molar refractivity (Wildman–Crippen MR) is 84.4 cm³/mol. The van der Waals surface area contributed by atoms with Crippen molar-refractivity contribution in [3.63, 3.8) is 0 Å². The standard InChI is InChI=1S/C16H13BrN2O2/c1-21-16(20)11-4-2-10(3-5-11)8-12-9-19-15-13(14(12)17)6-7-18-15/h2-7,9H,8H2,1H3,(H,18,19). The molecule has 0 saturated carbocycles. The Morgan fingerprint density at radius 1 is 1.29 bits per heavy atom. The number of halogens is 1. The molecule has 3 aromatic rings. The summed E-state index contributed by atoms with van der Waals surface area (Å²) in [5.41, 5.74) is 3.64. The molecule has 0 aliphatic carbocycles. The monoisotopic (exact) mass is 344 g/mol. The molecule has 0 aliphatic heterocycles. The Morgan fingerprint density at radius 2 is 2.05 bits per heavy atom. The molecule has 1 aromatic carbocycles. The fourth-order valence-corrected chi connectivity index (χ4v) is 2.80. The van der Waals surface area contributed by atoms with E-state index in [9.17, 15) is 4.79 Å². The van der Waals surface area contributed by atoms with Crippen LogP contribution in [0.3, 0.4) is 0 Å². The minimum atomic E-state index is -0.321. The van der Waals surface area contributed by atoms with E-state index in [4.69, 9.17) is 4.74 Å². The number of ether oxygens (including phenoxy) is 1. The van der Waals surface area contributed by atoms with E-state index in [0.717, 1.165) is 33.1 Å². The molecule has 3 rings (SSSR count). The molecule has 5 heteroatoms. The maximum Gasteiger partial charge on any atom is 0.337 e. The molecule has 1 N–H and O–H groups in total. The van der Waals surface area contributed by atoms with Crippen LogP contribution in [0.1, 0.15) is 21.5 Å². The highest BCUT2D eigenvalue weighted by atomic mass is 79.9. The van der Waals surface area contributed by atoms with Crippen molar-refractivity contribution in [1.82, 2.24) is 9.97 Å². The van der Waals surface area contributed by atoms with Crippen LogP contribution in [0.4, 0.5) is 0 Å². The highest BCUT2D eigenvalue weighted by Crippen LogP contribution is 2.27. The van der Waals surface area contributed by atoms with Crippen LogP contribution >= 0.6 is 15.9 Å². The topological polar surface area (TPSA) is 55.0 Å². The second-order valence-corrected chi connectivity index (χ2v) is 5.50. The van der Waals surface area contributed by atoms with E-state index in [1.165, 1.54) is 7.11 Å². The number of carbonyl (C=O) groups is 1. The van der Waals surface area contributed by atoms with Gasteiger partial charge in [-0.15, -0.1) is 0 Å². The van der Waals surface area contributed by atoms with Gasteiger partial charge < -0.3 is 9.72 Å². The number of hydrogen-bond donors (Lipinski definition) is 1. The predicted octanol–water partition coefficient (Wildman–Crippen LogP) is 3.70. The van der Waals surface area contributed by atoms with Crippen molar-refractivity contribution >= 4 is 32.9 Å². The van der Waals surface area contributed by atoms with Crippen LogP contribution in [0, 0.1) is 0 Å². The zero-order valence-corrected chi connectivity index (χ0v) is 13.0. The van der Waals surface area contributed by atoms with Crippen LogP contribution in [0.25, 0.3) is 11.0 Å². The van der Waals surface area contributed by atoms with Gasteiger partial charge in [0.2, 0.25) is 0 Å². The van der Waals surface area contributed by atoms with Gasteiger partial charge in [0.1, 0.15) is 5.65 Å². The van der Waals surface area contributed by atoms with E-state index in [1.54, 1.807) is 12.1 Å². The number of aromatic amines is 1. The zero-order chi connectivity index (χ0) is 14.8. The molecule has 2 aromatic heterocycles. The summed E-state index contributed by atoms with van der Waals surface area (Å²) in [6, 6.07) is 9.41. The van der Waals surface area contributed by atoms with Gasteiger partial charge in [0.15, 0.2) is 0 Å². The first-order valence-corrected chi connectivity index (χ1v) is 7.26.